The van der Waals surface area contributed by atoms with Crippen molar-refractivity contribution in [2.24, 2.45) is 5.73 Å². The second kappa shape index (κ2) is 3.96. The molecule has 76 valence electrons. The average molecular weight is 239 g/mol. The van der Waals surface area contributed by atoms with E-state index in [9.17, 15) is 0 Å². The molecule has 0 fully saturated rings. The Kier molecular flexibility index (Phi) is 2.66. The predicted molar refractivity (Wildman–Crippen MR) is 62.3 cm³/mol. The molecule has 0 amide bonds. The van der Waals surface area contributed by atoms with Gasteiger partial charge in [-0.2, -0.15) is 0 Å². The van der Waals surface area contributed by atoms with Crippen LogP contribution in [0.15, 0.2) is 30.7 Å². The van der Waals surface area contributed by atoms with Crippen molar-refractivity contribution in [2.45, 2.75) is 0 Å². The largest absolute Gasteiger partial charge is 0.387 e. The molecule has 0 saturated carbocycles. The number of hydrogen-bond donors (Lipinski definition) is 1. The standard InChI is InChI=1S/C9H7ClN4S/c10-6-1-2-7(13-5-6)14-4-3-12-9(14)8(11)15/h1-5H,(H2,11,15). The lowest BCUT2D eigenvalue weighted by molar-refractivity contribution is 0.977. The van der Waals surface area contributed by atoms with E-state index < -0.39 is 0 Å². The molecule has 0 atom stereocenters. The molecule has 0 aromatic carbocycles. The monoisotopic (exact) mass is 238 g/mol. The van der Waals surface area contributed by atoms with Crippen molar-refractivity contribution in [1.82, 2.24) is 14.5 Å². The van der Waals surface area contributed by atoms with Gasteiger partial charge in [-0.1, -0.05) is 23.8 Å². The fourth-order valence-electron chi connectivity index (χ4n) is 1.18. The van der Waals surface area contributed by atoms with E-state index in [0.29, 0.717) is 16.7 Å². The minimum absolute atomic E-state index is 0.233. The Hall–Kier alpha value is -1.46. The van der Waals surface area contributed by atoms with Gasteiger partial charge in [0.25, 0.3) is 0 Å². The van der Waals surface area contributed by atoms with Gasteiger partial charge in [0.15, 0.2) is 5.82 Å². The van der Waals surface area contributed by atoms with Gasteiger partial charge in [0.2, 0.25) is 0 Å². The number of halogens is 1. The molecule has 0 radical (unpaired) electrons. The van der Waals surface area contributed by atoms with Crippen molar-refractivity contribution in [1.29, 1.82) is 0 Å². The maximum absolute atomic E-state index is 5.74. The molecule has 0 unspecified atom stereocenters. The molecule has 2 heterocycles. The van der Waals surface area contributed by atoms with Crippen LogP contribution in [0.2, 0.25) is 5.02 Å². The molecule has 2 aromatic rings. The van der Waals surface area contributed by atoms with Gasteiger partial charge in [-0.25, -0.2) is 9.97 Å². The van der Waals surface area contributed by atoms with E-state index in [2.05, 4.69) is 9.97 Å². The van der Waals surface area contributed by atoms with Gasteiger partial charge in [-0.3, -0.25) is 4.57 Å². The lowest BCUT2D eigenvalue weighted by atomic mass is 10.4. The number of thiocarbonyl (C=S) groups is 1. The lowest BCUT2D eigenvalue weighted by Crippen LogP contribution is -2.16. The highest BCUT2D eigenvalue weighted by atomic mass is 35.5. The normalized spacial score (nSPS) is 10.2. The third kappa shape index (κ3) is 1.98. The molecule has 2 N–H and O–H groups in total. The number of nitrogens with zero attached hydrogens (tertiary/aromatic N) is 3. The molecule has 2 rings (SSSR count). The molecule has 0 aliphatic heterocycles. The third-order valence-corrected chi connectivity index (χ3v) is 2.23. The predicted octanol–water partition coefficient (Wildman–Crippen LogP) is 1.55. The summed E-state index contributed by atoms with van der Waals surface area (Å²) < 4.78 is 1.71. The molecule has 2 aromatic heterocycles. The highest BCUT2D eigenvalue weighted by molar-refractivity contribution is 7.80. The van der Waals surface area contributed by atoms with Crippen LogP contribution in [-0.4, -0.2) is 19.5 Å². The Morgan fingerprint density at radius 1 is 1.40 bits per heavy atom. The summed E-state index contributed by atoms with van der Waals surface area (Å²) in [6.07, 6.45) is 4.91. The van der Waals surface area contributed by atoms with Gasteiger partial charge in [0.05, 0.1) is 5.02 Å². The van der Waals surface area contributed by atoms with Crippen molar-refractivity contribution in [3.05, 3.63) is 41.6 Å². The first kappa shape index (κ1) is 10.1. The second-order valence-electron chi connectivity index (χ2n) is 2.82. The Morgan fingerprint density at radius 2 is 2.20 bits per heavy atom. The maximum atomic E-state index is 5.74. The Balaban J connectivity index is 2.49. The molecule has 4 nitrogen and oxygen atoms in total. The molecule has 0 bridgehead atoms. The van der Waals surface area contributed by atoms with Crippen molar-refractivity contribution < 1.29 is 0 Å². The summed E-state index contributed by atoms with van der Waals surface area (Å²) in [6, 6.07) is 3.51. The molecular weight excluding hydrogens is 232 g/mol. The van der Waals surface area contributed by atoms with Crippen LogP contribution < -0.4 is 5.73 Å². The minimum Gasteiger partial charge on any atom is -0.387 e. The van der Waals surface area contributed by atoms with Gasteiger partial charge >= 0.3 is 0 Å². The van der Waals surface area contributed by atoms with Gasteiger partial charge < -0.3 is 5.73 Å². The second-order valence-corrected chi connectivity index (χ2v) is 3.70. The van der Waals surface area contributed by atoms with Crippen molar-refractivity contribution in [2.75, 3.05) is 0 Å². The lowest BCUT2D eigenvalue weighted by Gasteiger charge is -2.04. The van der Waals surface area contributed by atoms with Crippen molar-refractivity contribution in [3.8, 4) is 5.82 Å². The fourth-order valence-corrected chi connectivity index (χ4v) is 1.44. The van der Waals surface area contributed by atoms with Gasteiger partial charge in [0.1, 0.15) is 10.8 Å². The van der Waals surface area contributed by atoms with Crippen LogP contribution in [0.5, 0.6) is 0 Å². The first-order chi connectivity index (χ1) is 7.18. The molecule has 0 saturated heterocycles. The van der Waals surface area contributed by atoms with Crippen LogP contribution in [0.3, 0.4) is 0 Å². The van der Waals surface area contributed by atoms with E-state index in [1.165, 1.54) is 0 Å². The van der Waals surface area contributed by atoms with Crippen LogP contribution in [-0.2, 0) is 0 Å². The van der Waals surface area contributed by atoms with Crippen LogP contribution in [0.1, 0.15) is 5.82 Å². The van der Waals surface area contributed by atoms with Crippen LogP contribution in [0.4, 0.5) is 0 Å². The summed E-state index contributed by atoms with van der Waals surface area (Å²) in [5.74, 6) is 1.19. The van der Waals surface area contributed by atoms with Crippen molar-refractivity contribution in [3.63, 3.8) is 0 Å². The van der Waals surface area contributed by atoms with Crippen LogP contribution >= 0.6 is 23.8 Å². The summed E-state index contributed by atoms with van der Waals surface area (Å²) in [7, 11) is 0. The zero-order valence-electron chi connectivity index (χ0n) is 7.59. The molecule has 6 heteroatoms. The summed E-state index contributed by atoms with van der Waals surface area (Å²) in [5.41, 5.74) is 5.52. The summed E-state index contributed by atoms with van der Waals surface area (Å²) in [6.45, 7) is 0. The van der Waals surface area contributed by atoms with Crippen LogP contribution in [0.25, 0.3) is 5.82 Å². The SMILES string of the molecule is NC(=S)c1nccn1-c1ccc(Cl)cn1. The smallest absolute Gasteiger partial charge is 0.173 e. The van der Waals surface area contributed by atoms with E-state index in [4.69, 9.17) is 29.6 Å². The van der Waals surface area contributed by atoms with E-state index in [1.807, 2.05) is 0 Å². The molecular formula is C9H7ClN4S. The van der Waals surface area contributed by atoms with Gasteiger partial charge in [-0.05, 0) is 12.1 Å². The Bertz CT molecular complexity index is 491. The molecule has 0 aliphatic carbocycles. The van der Waals surface area contributed by atoms with E-state index in [1.54, 1.807) is 35.3 Å². The zero-order valence-corrected chi connectivity index (χ0v) is 9.16. The highest BCUT2D eigenvalue weighted by Crippen LogP contribution is 2.11. The topological polar surface area (TPSA) is 56.7 Å². The number of pyridine rings is 1. The Labute approximate surface area is 96.7 Å². The van der Waals surface area contributed by atoms with E-state index in [0.717, 1.165) is 0 Å². The van der Waals surface area contributed by atoms with Crippen molar-refractivity contribution >= 4 is 28.8 Å². The zero-order chi connectivity index (χ0) is 10.8. The quantitative estimate of drug-likeness (QED) is 0.807. The third-order valence-electron chi connectivity index (χ3n) is 1.82. The van der Waals surface area contributed by atoms with E-state index >= 15 is 0 Å². The number of nitrogens with two attached hydrogens (primary N) is 1. The van der Waals surface area contributed by atoms with Gasteiger partial charge in [-0.15, -0.1) is 0 Å². The summed E-state index contributed by atoms with van der Waals surface area (Å²) in [4.78, 5) is 8.41. The average Bonchev–Trinajstić information content (AvgIpc) is 2.67. The molecule has 0 spiro atoms. The first-order valence-electron chi connectivity index (χ1n) is 4.13. The Morgan fingerprint density at radius 3 is 2.80 bits per heavy atom. The summed E-state index contributed by atoms with van der Waals surface area (Å²) in [5, 5.41) is 0.579. The van der Waals surface area contributed by atoms with E-state index in [-0.39, 0.29) is 4.99 Å². The van der Waals surface area contributed by atoms with Gasteiger partial charge in [0, 0.05) is 18.6 Å². The highest BCUT2D eigenvalue weighted by Gasteiger charge is 2.07. The van der Waals surface area contributed by atoms with Crippen LogP contribution in [0, 0.1) is 0 Å². The fraction of sp³-hybridized carbons (Fsp3) is 0. The minimum atomic E-state index is 0.233. The number of rotatable bonds is 2. The maximum Gasteiger partial charge on any atom is 0.173 e. The number of hydrogen-bond acceptors (Lipinski definition) is 3. The molecule has 0 aliphatic rings. The number of imidazole rings is 1. The molecule has 15 heavy (non-hydrogen) atoms. The number of aromatic nitrogens is 3. The summed E-state index contributed by atoms with van der Waals surface area (Å²) >= 11 is 10.6. The first-order valence-corrected chi connectivity index (χ1v) is 4.92.